The molecule has 1 atom stereocenters. The molecule has 0 spiro atoms. The lowest BCUT2D eigenvalue weighted by molar-refractivity contribution is 0.131. The summed E-state index contributed by atoms with van der Waals surface area (Å²) in [5.41, 5.74) is -0.770. The van der Waals surface area contributed by atoms with Crippen LogP contribution in [0.25, 0.3) is 0 Å². The zero-order valence-corrected chi connectivity index (χ0v) is 10.2. The summed E-state index contributed by atoms with van der Waals surface area (Å²) in [5, 5.41) is 7.77. The third-order valence-corrected chi connectivity index (χ3v) is 3.42. The lowest BCUT2D eigenvalue weighted by Crippen LogP contribution is -2.26. The van der Waals surface area contributed by atoms with E-state index in [-0.39, 0.29) is 0 Å². The van der Waals surface area contributed by atoms with E-state index in [1.165, 1.54) is 0 Å². The minimum atomic E-state index is -1.33. The highest BCUT2D eigenvalue weighted by Crippen LogP contribution is 2.39. The first-order valence-corrected chi connectivity index (χ1v) is 6.16. The van der Waals surface area contributed by atoms with E-state index < -0.39 is 5.67 Å². The maximum Gasteiger partial charge on any atom is 0.155 e. The van der Waals surface area contributed by atoms with E-state index in [0.717, 1.165) is 13.0 Å². The first-order valence-electron chi connectivity index (χ1n) is 5.79. The second kappa shape index (κ2) is 4.72. The molecule has 0 aromatic carbocycles. The summed E-state index contributed by atoms with van der Waals surface area (Å²) in [7, 11) is 0. The van der Waals surface area contributed by atoms with Crippen molar-refractivity contribution in [1.29, 1.82) is 0 Å². The molecule has 1 unspecified atom stereocenters. The van der Waals surface area contributed by atoms with Crippen LogP contribution >= 0.6 is 11.6 Å². The molecule has 1 N–H and O–H groups in total. The van der Waals surface area contributed by atoms with Crippen LogP contribution in [0.3, 0.4) is 0 Å². The third-order valence-electron chi connectivity index (χ3n) is 3.14. The number of halogens is 2. The maximum absolute atomic E-state index is 14.9. The number of aromatic nitrogens is 2. The Balaban J connectivity index is 2.35. The van der Waals surface area contributed by atoms with Crippen molar-refractivity contribution in [3.8, 4) is 0 Å². The van der Waals surface area contributed by atoms with Crippen LogP contribution < -0.4 is 5.32 Å². The van der Waals surface area contributed by atoms with Crippen LogP contribution in [0.15, 0.2) is 6.20 Å². The Morgan fingerprint density at radius 2 is 2.38 bits per heavy atom. The van der Waals surface area contributed by atoms with Gasteiger partial charge in [-0.3, -0.25) is 4.68 Å². The average molecular weight is 246 g/mol. The van der Waals surface area contributed by atoms with Gasteiger partial charge in [-0.25, -0.2) is 4.39 Å². The molecule has 1 saturated heterocycles. The molecule has 0 saturated carbocycles. The summed E-state index contributed by atoms with van der Waals surface area (Å²) in [4.78, 5) is 0. The molecule has 2 rings (SSSR count). The Hall–Kier alpha value is -0.610. The van der Waals surface area contributed by atoms with Gasteiger partial charge in [0.15, 0.2) is 5.67 Å². The van der Waals surface area contributed by atoms with Gasteiger partial charge in [0, 0.05) is 6.54 Å². The Morgan fingerprint density at radius 3 is 3.12 bits per heavy atom. The minimum absolute atomic E-state index is 0.450. The van der Waals surface area contributed by atoms with Crippen molar-refractivity contribution < 1.29 is 4.39 Å². The first kappa shape index (κ1) is 11.9. The summed E-state index contributed by atoms with van der Waals surface area (Å²) < 4.78 is 16.6. The highest BCUT2D eigenvalue weighted by Gasteiger charge is 2.37. The second-order valence-electron chi connectivity index (χ2n) is 4.23. The van der Waals surface area contributed by atoms with Crippen molar-refractivity contribution >= 4 is 11.6 Å². The van der Waals surface area contributed by atoms with Crippen LogP contribution in [0.1, 0.15) is 31.9 Å². The molecule has 1 aromatic heterocycles. The molecular weight excluding hydrogens is 229 g/mol. The third kappa shape index (κ3) is 2.09. The van der Waals surface area contributed by atoms with Crippen LogP contribution in [0.2, 0.25) is 5.02 Å². The number of nitrogens with one attached hydrogen (secondary N) is 1. The molecule has 0 bridgehead atoms. The fourth-order valence-electron chi connectivity index (χ4n) is 2.31. The topological polar surface area (TPSA) is 29.9 Å². The van der Waals surface area contributed by atoms with Crippen molar-refractivity contribution in [3.63, 3.8) is 0 Å². The predicted octanol–water partition coefficient (Wildman–Crippen LogP) is 2.49. The van der Waals surface area contributed by atoms with E-state index in [0.29, 0.717) is 36.6 Å². The Labute approximate surface area is 100.0 Å². The first-order chi connectivity index (χ1) is 7.67. The molecule has 1 fully saturated rings. The predicted molar refractivity (Wildman–Crippen MR) is 62.4 cm³/mol. The highest BCUT2D eigenvalue weighted by molar-refractivity contribution is 6.31. The Kier molecular flexibility index (Phi) is 3.50. The lowest BCUT2D eigenvalue weighted by atomic mass is 9.93. The number of hydrogen-bond acceptors (Lipinski definition) is 2. The van der Waals surface area contributed by atoms with E-state index in [9.17, 15) is 4.39 Å². The van der Waals surface area contributed by atoms with E-state index in [4.69, 9.17) is 11.6 Å². The van der Waals surface area contributed by atoms with Crippen molar-refractivity contribution in [2.75, 3.05) is 13.1 Å². The standard InChI is InChI=1S/C11H17ClFN3/c1-2-16-10(9(12)8-15-16)11(13)4-3-6-14-7-5-11/h8,14H,2-7H2,1H3. The van der Waals surface area contributed by atoms with E-state index in [1.807, 2.05) is 6.92 Å². The Bertz CT molecular complexity index is 356. The number of aryl methyl sites for hydroxylation is 1. The van der Waals surface area contributed by atoms with Crippen LogP contribution in [0.4, 0.5) is 4.39 Å². The van der Waals surface area contributed by atoms with E-state index in [1.54, 1.807) is 10.9 Å². The fraction of sp³-hybridized carbons (Fsp3) is 0.727. The van der Waals surface area contributed by atoms with Crippen molar-refractivity contribution in [2.45, 2.75) is 38.4 Å². The van der Waals surface area contributed by atoms with Crippen molar-refractivity contribution in [2.24, 2.45) is 0 Å². The van der Waals surface area contributed by atoms with Gasteiger partial charge in [-0.2, -0.15) is 5.10 Å². The van der Waals surface area contributed by atoms with Gasteiger partial charge in [0.2, 0.25) is 0 Å². The Morgan fingerprint density at radius 1 is 1.56 bits per heavy atom. The molecule has 1 aromatic rings. The molecule has 1 aliphatic heterocycles. The van der Waals surface area contributed by atoms with Crippen molar-refractivity contribution in [3.05, 3.63) is 16.9 Å². The van der Waals surface area contributed by atoms with Crippen LogP contribution in [-0.4, -0.2) is 22.9 Å². The highest BCUT2D eigenvalue weighted by atomic mass is 35.5. The van der Waals surface area contributed by atoms with Gasteiger partial charge in [0.1, 0.15) is 0 Å². The molecule has 0 aliphatic carbocycles. The zero-order chi connectivity index (χ0) is 11.6. The normalized spacial score (nSPS) is 26.7. The monoisotopic (exact) mass is 245 g/mol. The van der Waals surface area contributed by atoms with E-state index in [2.05, 4.69) is 10.4 Å². The molecule has 2 heterocycles. The van der Waals surface area contributed by atoms with Crippen LogP contribution in [0.5, 0.6) is 0 Å². The van der Waals surface area contributed by atoms with Gasteiger partial charge in [0.25, 0.3) is 0 Å². The van der Waals surface area contributed by atoms with E-state index >= 15 is 0 Å². The van der Waals surface area contributed by atoms with Gasteiger partial charge in [0.05, 0.1) is 16.9 Å². The maximum atomic E-state index is 14.9. The summed E-state index contributed by atoms with van der Waals surface area (Å²) in [5.74, 6) is 0. The van der Waals surface area contributed by atoms with Crippen LogP contribution in [0, 0.1) is 0 Å². The summed E-state index contributed by atoms with van der Waals surface area (Å²) in [6.07, 6.45) is 3.37. The average Bonchev–Trinajstić information content (AvgIpc) is 2.51. The largest absolute Gasteiger partial charge is 0.317 e. The quantitative estimate of drug-likeness (QED) is 0.868. The molecule has 1 aliphatic rings. The summed E-state index contributed by atoms with van der Waals surface area (Å²) >= 11 is 6.06. The molecule has 90 valence electrons. The van der Waals surface area contributed by atoms with Crippen LogP contribution in [-0.2, 0) is 12.2 Å². The lowest BCUT2D eigenvalue weighted by Gasteiger charge is -2.24. The molecule has 0 amide bonds. The second-order valence-corrected chi connectivity index (χ2v) is 4.63. The molecule has 16 heavy (non-hydrogen) atoms. The molecule has 0 radical (unpaired) electrons. The number of hydrogen-bond donors (Lipinski definition) is 1. The fourth-order valence-corrected chi connectivity index (χ4v) is 2.63. The minimum Gasteiger partial charge on any atom is -0.317 e. The smallest absolute Gasteiger partial charge is 0.155 e. The number of alkyl halides is 1. The molecule has 5 heteroatoms. The zero-order valence-electron chi connectivity index (χ0n) is 9.47. The molecular formula is C11H17ClFN3. The summed E-state index contributed by atoms with van der Waals surface area (Å²) in [6, 6.07) is 0. The van der Waals surface area contributed by atoms with Gasteiger partial charge >= 0.3 is 0 Å². The van der Waals surface area contributed by atoms with Gasteiger partial charge in [-0.05, 0) is 39.3 Å². The summed E-state index contributed by atoms with van der Waals surface area (Å²) in [6.45, 7) is 4.18. The van der Waals surface area contributed by atoms with Gasteiger partial charge in [-0.15, -0.1) is 0 Å². The molecule has 3 nitrogen and oxygen atoms in total. The van der Waals surface area contributed by atoms with Crippen molar-refractivity contribution in [1.82, 2.24) is 15.1 Å². The van der Waals surface area contributed by atoms with Gasteiger partial charge in [-0.1, -0.05) is 11.6 Å². The number of nitrogens with zero attached hydrogens (tertiary/aromatic N) is 2. The SMILES string of the molecule is CCn1ncc(Cl)c1C1(F)CCCNCC1. The van der Waals surface area contributed by atoms with Gasteiger partial charge < -0.3 is 5.32 Å². The number of rotatable bonds is 2.